The van der Waals surface area contributed by atoms with E-state index in [2.05, 4.69) is 20.8 Å². The van der Waals surface area contributed by atoms with Crippen LogP contribution in [0.5, 0.6) is 0 Å². The summed E-state index contributed by atoms with van der Waals surface area (Å²) in [5, 5.41) is 19.4. The third-order valence-corrected chi connectivity index (χ3v) is 10.2. The predicted molar refractivity (Wildman–Crippen MR) is 107 cm³/mol. The summed E-state index contributed by atoms with van der Waals surface area (Å²) in [6.45, 7) is 8.05. The molecule has 2 heteroatoms. The molecule has 4 saturated carbocycles. The summed E-state index contributed by atoms with van der Waals surface area (Å²) < 4.78 is 0. The Morgan fingerprint density at radius 3 is 2.42 bits per heavy atom. The molecule has 0 aromatic rings. The van der Waals surface area contributed by atoms with Gasteiger partial charge in [-0.15, -0.1) is 0 Å². The van der Waals surface area contributed by atoms with Crippen molar-refractivity contribution in [3.05, 3.63) is 0 Å². The summed E-state index contributed by atoms with van der Waals surface area (Å²) >= 11 is 0. The second-order valence-corrected chi connectivity index (χ2v) is 11.2. The van der Waals surface area contributed by atoms with Crippen molar-refractivity contribution < 1.29 is 10.2 Å². The Morgan fingerprint density at radius 2 is 1.65 bits per heavy atom. The van der Waals surface area contributed by atoms with Gasteiger partial charge in [0.25, 0.3) is 0 Å². The summed E-state index contributed by atoms with van der Waals surface area (Å²) in [5.41, 5.74) is 1.05. The van der Waals surface area contributed by atoms with Gasteiger partial charge in [-0.25, -0.2) is 0 Å². The summed E-state index contributed by atoms with van der Waals surface area (Å²) in [5.74, 6) is 5.22. The number of rotatable bonds is 4. The Bertz CT molecular complexity index is 504. The van der Waals surface area contributed by atoms with E-state index in [4.69, 9.17) is 0 Å². The zero-order valence-corrected chi connectivity index (χ0v) is 17.4. The largest absolute Gasteiger partial charge is 0.396 e. The molecule has 0 aliphatic heterocycles. The topological polar surface area (TPSA) is 40.5 Å². The van der Waals surface area contributed by atoms with E-state index in [9.17, 15) is 10.2 Å². The molecule has 0 aromatic heterocycles. The summed E-state index contributed by atoms with van der Waals surface area (Å²) in [7, 11) is 0. The van der Waals surface area contributed by atoms with Crippen LogP contribution in [0.1, 0.15) is 91.4 Å². The highest BCUT2D eigenvalue weighted by molar-refractivity contribution is 5.09. The van der Waals surface area contributed by atoms with E-state index in [1.54, 1.807) is 0 Å². The molecular weight excluding hydrogens is 320 g/mol. The molecule has 4 aliphatic rings. The van der Waals surface area contributed by atoms with Crippen molar-refractivity contribution in [3.8, 4) is 0 Å². The SMILES string of the molecule is C[C@H](CCCO)[C@@H]1CC[C@@H]2[C@@H]3CC[C@@H]4C[C@H](O)CC[C@]4(C)[C@@H]3CC[C@]21C. The molecular formula is C24H42O2. The van der Waals surface area contributed by atoms with Crippen molar-refractivity contribution in [1.29, 1.82) is 0 Å². The van der Waals surface area contributed by atoms with Gasteiger partial charge in [-0.05, 0) is 117 Å². The van der Waals surface area contributed by atoms with Gasteiger partial charge in [0.1, 0.15) is 0 Å². The third-order valence-electron chi connectivity index (χ3n) is 10.2. The molecule has 0 heterocycles. The van der Waals surface area contributed by atoms with Crippen LogP contribution in [0.15, 0.2) is 0 Å². The van der Waals surface area contributed by atoms with Crippen molar-refractivity contribution in [2.24, 2.45) is 46.3 Å². The fraction of sp³-hybridized carbons (Fsp3) is 1.00. The number of fused-ring (bicyclic) bond motifs is 5. The van der Waals surface area contributed by atoms with E-state index >= 15 is 0 Å². The van der Waals surface area contributed by atoms with Crippen LogP contribution in [0, 0.1) is 46.3 Å². The molecule has 0 unspecified atom stereocenters. The second-order valence-electron chi connectivity index (χ2n) is 11.2. The standard InChI is InChI=1S/C24H42O2/c1-16(5-4-14-25)20-8-9-21-19-7-6-17-15-18(26)10-12-23(17,2)22(19)11-13-24(20,21)3/h16-22,25-26H,4-15H2,1-3H3/t16-,17-,18-,19+,20+,21-,22-,23+,24+/m1/s1. The minimum absolute atomic E-state index is 0.0262. The van der Waals surface area contributed by atoms with Crippen LogP contribution in [0.4, 0.5) is 0 Å². The van der Waals surface area contributed by atoms with Crippen molar-refractivity contribution in [2.75, 3.05) is 6.61 Å². The molecule has 0 radical (unpaired) electrons. The number of hydrogen-bond donors (Lipinski definition) is 2. The molecule has 150 valence electrons. The summed E-state index contributed by atoms with van der Waals surface area (Å²) in [6, 6.07) is 0. The Balaban J connectivity index is 1.52. The van der Waals surface area contributed by atoms with Gasteiger partial charge in [0.15, 0.2) is 0 Å². The van der Waals surface area contributed by atoms with E-state index in [0.29, 0.717) is 17.4 Å². The second kappa shape index (κ2) is 7.07. The summed E-state index contributed by atoms with van der Waals surface area (Å²) in [6.07, 6.45) is 14.1. The average Bonchev–Trinajstić information content (AvgIpc) is 2.97. The van der Waals surface area contributed by atoms with Gasteiger partial charge in [-0.2, -0.15) is 0 Å². The van der Waals surface area contributed by atoms with Gasteiger partial charge < -0.3 is 10.2 Å². The van der Waals surface area contributed by atoms with E-state index in [0.717, 1.165) is 54.8 Å². The maximum absolute atomic E-state index is 10.2. The molecule has 0 aromatic carbocycles. The molecule has 0 bridgehead atoms. The predicted octanol–water partition coefficient (Wildman–Crippen LogP) is 5.41. The van der Waals surface area contributed by atoms with Crippen molar-refractivity contribution in [2.45, 2.75) is 97.5 Å². The minimum Gasteiger partial charge on any atom is -0.396 e. The number of aliphatic hydroxyl groups excluding tert-OH is 2. The smallest absolute Gasteiger partial charge is 0.0543 e. The third kappa shape index (κ3) is 2.89. The quantitative estimate of drug-likeness (QED) is 0.701. The molecule has 0 spiro atoms. The van der Waals surface area contributed by atoms with Crippen LogP contribution in [0.25, 0.3) is 0 Å². The lowest BCUT2D eigenvalue weighted by Crippen LogP contribution is -2.54. The van der Waals surface area contributed by atoms with E-state index in [1.165, 1.54) is 51.4 Å². The monoisotopic (exact) mass is 362 g/mol. The normalized spacial score (nSPS) is 52.0. The molecule has 2 nitrogen and oxygen atoms in total. The van der Waals surface area contributed by atoms with Crippen LogP contribution in [0.3, 0.4) is 0 Å². The zero-order valence-electron chi connectivity index (χ0n) is 17.4. The van der Waals surface area contributed by atoms with Crippen molar-refractivity contribution in [3.63, 3.8) is 0 Å². The Hall–Kier alpha value is -0.0800. The lowest BCUT2D eigenvalue weighted by Gasteiger charge is -2.61. The molecule has 4 rings (SSSR count). The van der Waals surface area contributed by atoms with Gasteiger partial charge in [0, 0.05) is 6.61 Å². The number of hydrogen-bond acceptors (Lipinski definition) is 2. The summed E-state index contributed by atoms with van der Waals surface area (Å²) in [4.78, 5) is 0. The van der Waals surface area contributed by atoms with Gasteiger partial charge in [-0.1, -0.05) is 20.8 Å². The van der Waals surface area contributed by atoms with Crippen LogP contribution < -0.4 is 0 Å². The Morgan fingerprint density at radius 1 is 0.923 bits per heavy atom. The highest BCUT2D eigenvalue weighted by Gasteiger charge is 2.60. The van der Waals surface area contributed by atoms with E-state index < -0.39 is 0 Å². The van der Waals surface area contributed by atoms with Crippen molar-refractivity contribution >= 4 is 0 Å². The fourth-order valence-corrected chi connectivity index (χ4v) is 8.83. The molecule has 2 N–H and O–H groups in total. The van der Waals surface area contributed by atoms with Crippen LogP contribution >= 0.6 is 0 Å². The Kier molecular flexibility index (Phi) is 5.23. The lowest BCUT2D eigenvalue weighted by molar-refractivity contribution is -0.129. The maximum atomic E-state index is 10.2. The van der Waals surface area contributed by atoms with Crippen molar-refractivity contribution in [1.82, 2.24) is 0 Å². The first-order chi connectivity index (χ1) is 12.4. The molecule has 0 amide bonds. The van der Waals surface area contributed by atoms with Crippen LogP contribution in [0.2, 0.25) is 0 Å². The van der Waals surface area contributed by atoms with Gasteiger partial charge in [0.05, 0.1) is 6.10 Å². The maximum Gasteiger partial charge on any atom is 0.0543 e. The fourth-order valence-electron chi connectivity index (χ4n) is 8.83. The van der Waals surface area contributed by atoms with Crippen LogP contribution in [-0.2, 0) is 0 Å². The van der Waals surface area contributed by atoms with Gasteiger partial charge >= 0.3 is 0 Å². The van der Waals surface area contributed by atoms with Crippen LogP contribution in [-0.4, -0.2) is 22.9 Å². The highest BCUT2D eigenvalue weighted by atomic mass is 16.3. The molecule has 9 atom stereocenters. The molecule has 26 heavy (non-hydrogen) atoms. The van der Waals surface area contributed by atoms with E-state index in [-0.39, 0.29) is 6.10 Å². The zero-order chi connectivity index (χ0) is 18.5. The highest BCUT2D eigenvalue weighted by Crippen LogP contribution is 2.68. The van der Waals surface area contributed by atoms with Gasteiger partial charge in [0.2, 0.25) is 0 Å². The lowest BCUT2D eigenvalue weighted by atomic mass is 9.44. The first-order valence-electron chi connectivity index (χ1n) is 11.7. The molecule has 4 aliphatic carbocycles. The first-order valence-corrected chi connectivity index (χ1v) is 11.7. The average molecular weight is 363 g/mol. The first kappa shape index (κ1) is 19.2. The molecule has 0 saturated heterocycles. The number of aliphatic hydroxyl groups is 2. The van der Waals surface area contributed by atoms with Gasteiger partial charge in [-0.3, -0.25) is 0 Å². The molecule has 4 fully saturated rings. The Labute approximate surface area is 161 Å². The van der Waals surface area contributed by atoms with E-state index in [1.807, 2.05) is 0 Å². The minimum atomic E-state index is -0.0262.